The number of aromatic amines is 1. The molecule has 0 aliphatic rings. The van der Waals surface area contributed by atoms with Crippen LogP contribution in [0.3, 0.4) is 0 Å². The second-order valence-electron chi connectivity index (χ2n) is 5.65. The number of carbonyl (C=O) groups excluding carboxylic acids is 1. The summed E-state index contributed by atoms with van der Waals surface area (Å²) in [6.07, 6.45) is 2.70. The van der Waals surface area contributed by atoms with E-state index in [4.69, 9.17) is 10.5 Å². The van der Waals surface area contributed by atoms with Gasteiger partial charge in [0.1, 0.15) is 4.83 Å². The van der Waals surface area contributed by atoms with E-state index in [0.29, 0.717) is 22.4 Å². The fraction of sp³-hybridized carbons (Fsp3) is 0.278. The monoisotopic (exact) mass is 357 g/mol. The molecular weight excluding hydrogens is 338 g/mol. The highest BCUT2D eigenvalue weighted by Crippen LogP contribution is 2.23. The van der Waals surface area contributed by atoms with Gasteiger partial charge in [-0.3, -0.25) is 9.78 Å². The lowest BCUT2D eigenvalue weighted by Crippen LogP contribution is -2.09. The number of carbonyl (C=O) groups is 1. The number of rotatable bonds is 6. The number of nitrogens with two attached hydrogens (primary N) is 1. The molecule has 0 aliphatic heterocycles. The van der Waals surface area contributed by atoms with Crippen LogP contribution < -0.4 is 11.3 Å². The fourth-order valence-electron chi connectivity index (χ4n) is 2.61. The van der Waals surface area contributed by atoms with Gasteiger partial charge in [-0.2, -0.15) is 0 Å². The zero-order chi connectivity index (χ0) is 17.8. The summed E-state index contributed by atoms with van der Waals surface area (Å²) >= 11 is 1.50. The molecule has 0 saturated carbocycles. The first kappa shape index (κ1) is 17.2. The Morgan fingerprint density at radius 2 is 2.04 bits per heavy atom. The van der Waals surface area contributed by atoms with Gasteiger partial charge < -0.3 is 10.5 Å². The Balaban J connectivity index is 1.60. The lowest BCUT2D eigenvalue weighted by molar-refractivity contribution is 0.0526. The number of aromatic nitrogens is 2. The molecule has 3 rings (SSSR count). The summed E-state index contributed by atoms with van der Waals surface area (Å²) in [5.74, 6) is -0.149. The van der Waals surface area contributed by atoms with Gasteiger partial charge in [-0.05, 0) is 49.9 Å². The molecule has 0 radical (unpaired) electrons. The maximum Gasteiger partial charge on any atom is 0.338 e. The molecule has 0 bridgehead atoms. The number of nitrogens with zero attached hydrogens (tertiary/aromatic N) is 1. The average Bonchev–Trinajstić information content (AvgIpc) is 2.99. The van der Waals surface area contributed by atoms with E-state index in [1.807, 2.05) is 18.2 Å². The number of H-pyrrole nitrogens is 1. The minimum atomic E-state index is -0.295. The minimum absolute atomic E-state index is 0.146. The number of benzene rings is 1. The summed E-state index contributed by atoms with van der Waals surface area (Å²) in [6, 6.07) is 9.36. The largest absolute Gasteiger partial charge is 0.462 e. The number of fused-ring (bicyclic) bond motifs is 1. The lowest BCUT2D eigenvalue weighted by atomic mass is 10.1. The van der Waals surface area contributed by atoms with Crippen LogP contribution in [0, 0.1) is 0 Å². The highest BCUT2D eigenvalue weighted by molar-refractivity contribution is 7.18. The average molecular weight is 357 g/mol. The first-order valence-electron chi connectivity index (χ1n) is 8.11. The lowest BCUT2D eigenvalue weighted by Gasteiger charge is -2.04. The molecule has 0 atom stereocenters. The predicted molar refractivity (Wildman–Crippen MR) is 99.1 cm³/mol. The van der Waals surface area contributed by atoms with Crippen LogP contribution in [0.2, 0.25) is 0 Å². The van der Waals surface area contributed by atoms with Crippen LogP contribution in [-0.4, -0.2) is 22.5 Å². The summed E-state index contributed by atoms with van der Waals surface area (Å²) < 4.78 is 4.97. The van der Waals surface area contributed by atoms with Crippen molar-refractivity contribution in [3.05, 3.63) is 56.7 Å². The van der Waals surface area contributed by atoms with Crippen molar-refractivity contribution in [2.24, 2.45) is 0 Å². The molecular formula is C18H19N3O3S. The van der Waals surface area contributed by atoms with E-state index >= 15 is 0 Å². The van der Waals surface area contributed by atoms with Crippen LogP contribution in [0.4, 0.5) is 5.95 Å². The van der Waals surface area contributed by atoms with Crippen LogP contribution in [-0.2, 0) is 17.6 Å². The van der Waals surface area contributed by atoms with Crippen molar-refractivity contribution in [2.75, 3.05) is 12.3 Å². The van der Waals surface area contributed by atoms with Crippen molar-refractivity contribution in [1.82, 2.24) is 9.97 Å². The second-order valence-corrected chi connectivity index (χ2v) is 6.77. The van der Waals surface area contributed by atoms with Crippen molar-refractivity contribution >= 4 is 33.5 Å². The van der Waals surface area contributed by atoms with Crippen molar-refractivity contribution in [3.8, 4) is 0 Å². The number of thiophene rings is 1. The Morgan fingerprint density at radius 1 is 1.28 bits per heavy atom. The van der Waals surface area contributed by atoms with Gasteiger partial charge in [-0.1, -0.05) is 12.1 Å². The van der Waals surface area contributed by atoms with Crippen LogP contribution in [0.1, 0.15) is 34.1 Å². The number of anilines is 1. The molecule has 130 valence electrons. The first-order valence-corrected chi connectivity index (χ1v) is 8.92. The highest BCUT2D eigenvalue weighted by atomic mass is 32.1. The van der Waals surface area contributed by atoms with Crippen molar-refractivity contribution in [2.45, 2.75) is 26.2 Å². The molecule has 25 heavy (non-hydrogen) atoms. The number of hydrogen-bond donors (Lipinski definition) is 2. The summed E-state index contributed by atoms with van der Waals surface area (Å²) in [5.41, 5.74) is 7.10. The van der Waals surface area contributed by atoms with Gasteiger partial charge >= 0.3 is 5.97 Å². The van der Waals surface area contributed by atoms with Crippen LogP contribution in [0.15, 0.2) is 35.1 Å². The first-order chi connectivity index (χ1) is 12.1. The molecule has 0 fully saturated rings. The number of esters is 1. The van der Waals surface area contributed by atoms with Gasteiger partial charge in [-0.25, -0.2) is 9.78 Å². The molecule has 6 nitrogen and oxygen atoms in total. The van der Waals surface area contributed by atoms with Crippen molar-refractivity contribution in [3.63, 3.8) is 0 Å². The van der Waals surface area contributed by atoms with Crippen LogP contribution in [0.5, 0.6) is 0 Å². The molecule has 7 heteroatoms. The van der Waals surface area contributed by atoms with E-state index in [9.17, 15) is 9.59 Å². The van der Waals surface area contributed by atoms with Crippen molar-refractivity contribution < 1.29 is 9.53 Å². The third kappa shape index (κ3) is 4.06. The molecule has 0 amide bonds. The van der Waals surface area contributed by atoms with Gasteiger partial charge in [0, 0.05) is 4.88 Å². The van der Waals surface area contributed by atoms with Gasteiger partial charge in [-0.15, -0.1) is 11.3 Å². The third-order valence-corrected chi connectivity index (χ3v) is 4.91. The molecule has 3 N–H and O–H groups in total. The quantitative estimate of drug-likeness (QED) is 0.661. The molecule has 0 saturated heterocycles. The summed E-state index contributed by atoms with van der Waals surface area (Å²) in [5, 5.41) is 0.591. The highest BCUT2D eigenvalue weighted by Gasteiger charge is 2.08. The van der Waals surface area contributed by atoms with E-state index in [-0.39, 0.29) is 17.5 Å². The molecule has 3 aromatic rings. The zero-order valence-electron chi connectivity index (χ0n) is 13.9. The third-order valence-electron chi connectivity index (χ3n) is 3.83. The Hall–Kier alpha value is -2.67. The zero-order valence-corrected chi connectivity index (χ0v) is 14.7. The smallest absolute Gasteiger partial charge is 0.338 e. The Kier molecular flexibility index (Phi) is 5.14. The number of nitrogens with one attached hydrogen (secondary N) is 1. The molecule has 0 unspecified atom stereocenters. The summed E-state index contributed by atoms with van der Waals surface area (Å²) in [7, 11) is 0. The van der Waals surface area contributed by atoms with E-state index in [1.165, 1.54) is 11.3 Å². The van der Waals surface area contributed by atoms with Gasteiger partial charge in [0.2, 0.25) is 5.95 Å². The molecule has 0 spiro atoms. The minimum Gasteiger partial charge on any atom is -0.462 e. The fourth-order valence-corrected chi connectivity index (χ4v) is 3.69. The topological polar surface area (TPSA) is 98.1 Å². The standard InChI is InChI=1S/C18H19N3O3S/c1-2-24-17(23)12-8-6-11(7-9-12)4-3-5-13-10-14-15(22)20-18(19)21-16(14)25-13/h6-10H,2-5H2,1H3,(H3,19,20,21,22). The number of ether oxygens (including phenoxy) is 1. The molecule has 2 heterocycles. The predicted octanol–water partition coefficient (Wildman–Crippen LogP) is 2.92. The van der Waals surface area contributed by atoms with Gasteiger partial charge in [0.25, 0.3) is 5.56 Å². The van der Waals surface area contributed by atoms with E-state index < -0.39 is 0 Å². The summed E-state index contributed by atoms with van der Waals surface area (Å²) in [4.78, 5) is 31.9. The Bertz CT molecular complexity index is 944. The maximum absolute atomic E-state index is 11.8. The Labute approximate surface area is 148 Å². The van der Waals surface area contributed by atoms with Crippen molar-refractivity contribution in [1.29, 1.82) is 0 Å². The summed E-state index contributed by atoms with van der Waals surface area (Å²) in [6.45, 7) is 2.16. The van der Waals surface area contributed by atoms with E-state index in [0.717, 1.165) is 29.7 Å². The second kappa shape index (κ2) is 7.48. The van der Waals surface area contributed by atoms with E-state index in [1.54, 1.807) is 19.1 Å². The number of nitrogen functional groups attached to an aromatic ring is 1. The van der Waals surface area contributed by atoms with Crippen LogP contribution >= 0.6 is 11.3 Å². The molecule has 1 aromatic carbocycles. The number of hydrogen-bond acceptors (Lipinski definition) is 6. The number of aryl methyl sites for hydroxylation is 2. The van der Waals surface area contributed by atoms with Gasteiger partial charge in [0.15, 0.2) is 0 Å². The maximum atomic E-state index is 11.8. The van der Waals surface area contributed by atoms with E-state index in [2.05, 4.69) is 9.97 Å². The van der Waals surface area contributed by atoms with Gasteiger partial charge in [0.05, 0.1) is 17.6 Å². The van der Waals surface area contributed by atoms with Crippen LogP contribution in [0.25, 0.3) is 10.2 Å². The Morgan fingerprint density at radius 3 is 2.76 bits per heavy atom. The SMILES string of the molecule is CCOC(=O)c1ccc(CCCc2cc3c(=O)[nH]c(N)nc3s2)cc1. The normalized spacial score (nSPS) is 10.9. The molecule has 0 aliphatic carbocycles. The molecule has 2 aromatic heterocycles.